The average molecular weight is 241 g/mol. The van der Waals surface area contributed by atoms with Crippen molar-refractivity contribution in [3.8, 4) is 0 Å². The fourth-order valence-electron chi connectivity index (χ4n) is 1.83. The number of carboxylic acid groups (broad SMARTS) is 1. The molecule has 0 spiro atoms. The maximum Gasteiger partial charge on any atom is 0.317 e. The SMILES string of the molecule is C=CCC(N)C(=O)N1CCN(CC(=O)O)CC1. The summed E-state index contributed by atoms with van der Waals surface area (Å²) in [6, 6.07) is -0.529. The minimum Gasteiger partial charge on any atom is -0.480 e. The Morgan fingerprint density at radius 2 is 1.94 bits per heavy atom. The smallest absolute Gasteiger partial charge is 0.317 e. The van der Waals surface area contributed by atoms with Crippen molar-refractivity contribution in [3.05, 3.63) is 12.7 Å². The molecule has 3 N–H and O–H groups in total. The van der Waals surface area contributed by atoms with Gasteiger partial charge in [-0.2, -0.15) is 0 Å². The van der Waals surface area contributed by atoms with Gasteiger partial charge in [-0.3, -0.25) is 14.5 Å². The van der Waals surface area contributed by atoms with Crippen molar-refractivity contribution in [2.24, 2.45) is 5.73 Å². The molecule has 1 aliphatic heterocycles. The van der Waals surface area contributed by atoms with Crippen LogP contribution < -0.4 is 5.73 Å². The van der Waals surface area contributed by atoms with Crippen molar-refractivity contribution in [1.29, 1.82) is 0 Å². The number of amides is 1. The summed E-state index contributed by atoms with van der Waals surface area (Å²) in [4.78, 5) is 25.9. The summed E-state index contributed by atoms with van der Waals surface area (Å²) in [5.74, 6) is -0.923. The third kappa shape index (κ3) is 4.16. The molecule has 0 bridgehead atoms. The van der Waals surface area contributed by atoms with Crippen LogP contribution in [0.4, 0.5) is 0 Å². The number of nitrogens with two attached hydrogens (primary N) is 1. The van der Waals surface area contributed by atoms with E-state index in [1.54, 1.807) is 11.0 Å². The number of piperazine rings is 1. The van der Waals surface area contributed by atoms with Crippen LogP contribution in [-0.2, 0) is 9.59 Å². The highest BCUT2D eigenvalue weighted by Gasteiger charge is 2.25. The molecule has 1 heterocycles. The average Bonchev–Trinajstić information content (AvgIpc) is 2.28. The van der Waals surface area contributed by atoms with Gasteiger partial charge in [0.15, 0.2) is 0 Å². The Morgan fingerprint density at radius 1 is 1.35 bits per heavy atom. The number of nitrogens with zero attached hydrogens (tertiary/aromatic N) is 2. The minimum absolute atomic E-state index is 0.0285. The zero-order chi connectivity index (χ0) is 12.8. The van der Waals surface area contributed by atoms with Crippen LogP contribution in [0.15, 0.2) is 12.7 Å². The number of carbonyl (C=O) groups is 2. The van der Waals surface area contributed by atoms with Gasteiger partial charge in [0.2, 0.25) is 5.91 Å². The number of hydrogen-bond donors (Lipinski definition) is 2. The molecule has 1 fully saturated rings. The van der Waals surface area contributed by atoms with E-state index in [1.807, 2.05) is 4.90 Å². The van der Waals surface area contributed by atoms with Gasteiger partial charge in [-0.1, -0.05) is 6.08 Å². The zero-order valence-electron chi connectivity index (χ0n) is 9.84. The Bertz CT molecular complexity index is 298. The molecule has 1 rings (SSSR count). The highest BCUT2D eigenvalue weighted by molar-refractivity contribution is 5.82. The Morgan fingerprint density at radius 3 is 2.41 bits per heavy atom. The van der Waals surface area contributed by atoms with Gasteiger partial charge in [0.25, 0.3) is 0 Å². The first kappa shape index (κ1) is 13.7. The highest BCUT2D eigenvalue weighted by atomic mass is 16.4. The number of rotatable bonds is 5. The normalized spacial score (nSPS) is 18.8. The van der Waals surface area contributed by atoms with Crippen LogP contribution in [0, 0.1) is 0 Å². The lowest BCUT2D eigenvalue weighted by Gasteiger charge is -2.34. The summed E-state index contributed by atoms with van der Waals surface area (Å²) in [5, 5.41) is 8.65. The van der Waals surface area contributed by atoms with Crippen molar-refractivity contribution in [3.63, 3.8) is 0 Å². The van der Waals surface area contributed by atoms with Gasteiger partial charge in [0.1, 0.15) is 0 Å². The molecule has 1 atom stereocenters. The fraction of sp³-hybridized carbons (Fsp3) is 0.636. The molecular weight excluding hydrogens is 222 g/mol. The van der Waals surface area contributed by atoms with E-state index in [2.05, 4.69) is 6.58 Å². The van der Waals surface area contributed by atoms with Crippen LogP contribution in [0.5, 0.6) is 0 Å². The number of aliphatic carboxylic acids is 1. The van der Waals surface area contributed by atoms with Crippen molar-refractivity contribution in [2.75, 3.05) is 32.7 Å². The predicted molar refractivity (Wildman–Crippen MR) is 63.4 cm³/mol. The first-order valence-electron chi connectivity index (χ1n) is 5.64. The summed E-state index contributed by atoms with van der Waals surface area (Å²) in [6.07, 6.45) is 2.09. The lowest BCUT2D eigenvalue weighted by molar-refractivity contribution is -0.139. The van der Waals surface area contributed by atoms with Crippen LogP contribution in [-0.4, -0.2) is 65.5 Å². The van der Waals surface area contributed by atoms with Crippen molar-refractivity contribution < 1.29 is 14.7 Å². The Hall–Kier alpha value is -1.40. The lowest BCUT2D eigenvalue weighted by Crippen LogP contribution is -2.53. The van der Waals surface area contributed by atoms with E-state index in [9.17, 15) is 9.59 Å². The monoisotopic (exact) mass is 241 g/mol. The van der Waals surface area contributed by atoms with Crippen molar-refractivity contribution in [2.45, 2.75) is 12.5 Å². The van der Waals surface area contributed by atoms with E-state index < -0.39 is 12.0 Å². The van der Waals surface area contributed by atoms with Gasteiger partial charge >= 0.3 is 5.97 Å². The van der Waals surface area contributed by atoms with Crippen LogP contribution in [0.3, 0.4) is 0 Å². The molecule has 0 aromatic carbocycles. The predicted octanol–water partition coefficient (Wildman–Crippen LogP) is -0.881. The first-order valence-corrected chi connectivity index (χ1v) is 5.64. The van der Waals surface area contributed by atoms with Gasteiger partial charge in [-0.05, 0) is 6.42 Å². The van der Waals surface area contributed by atoms with Gasteiger partial charge in [0, 0.05) is 26.2 Å². The summed E-state index contributed by atoms with van der Waals surface area (Å²) in [5.41, 5.74) is 5.70. The molecule has 1 amide bonds. The van der Waals surface area contributed by atoms with Gasteiger partial charge in [-0.25, -0.2) is 0 Å². The second kappa shape index (κ2) is 6.36. The van der Waals surface area contributed by atoms with Crippen LogP contribution in [0.25, 0.3) is 0 Å². The molecule has 1 unspecified atom stereocenters. The van der Waals surface area contributed by atoms with E-state index in [-0.39, 0.29) is 12.5 Å². The lowest BCUT2D eigenvalue weighted by atomic mass is 10.1. The van der Waals surface area contributed by atoms with Gasteiger partial charge in [-0.15, -0.1) is 6.58 Å². The molecule has 0 saturated carbocycles. The third-order valence-electron chi connectivity index (χ3n) is 2.78. The van der Waals surface area contributed by atoms with Gasteiger partial charge < -0.3 is 15.7 Å². The Labute approximate surface area is 101 Å². The molecule has 6 nitrogen and oxygen atoms in total. The summed E-state index contributed by atoms with van der Waals surface area (Å²) in [6.45, 7) is 5.82. The van der Waals surface area contributed by atoms with E-state index in [1.165, 1.54) is 0 Å². The minimum atomic E-state index is -0.840. The van der Waals surface area contributed by atoms with Crippen molar-refractivity contribution >= 4 is 11.9 Å². The quantitative estimate of drug-likeness (QED) is 0.610. The molecule has 0 radical (unpaired) electrons. The largest absolute Gasteiger partial charge is 0.480 e. The number of carboxylic acids is 1. The summed E-state index contributed by atoms with van der Waals surface area (Å²) in [7, 11) is 0. The molecule has 0 aromatic heterocycles. The highest BCUT2D eigenvalue weighted by Crippen LogP contribution is 2.04. The molecule has 17 heavy (non-hydrogen) atoms. The maximum absolute atomic E-state index is 11.8. The second-order valence-corrected chi connectivity index (χ2v) is 4.13. The summed E-state index contributed by atoms with van der Waals surface area (Å²) < 4.78 is 0. The molecule has 0 aromatic rings. The number of carbonyl (C=O) groups excluding carboxylic acids is 1. The molecule has 96 valence electrons. The summed E-state index contributed by atoms with van der Waals surface area (Å²) >= 11 is 0. The van der Waals surface area contributed by atoms with Crippen LogP contribution >= 0.6 is 0 Å². The van der Waals surface area contributed by atoms with E-state index in [0.29, 0.717) is 32.6 Å². The number of hydrogen-bond acceptors (Lipinski definition) is 4. The molecule has 0 aliphatic carbocycles. The van der Waals surface area contributed by atoms with Crippen LogP contribution in [0.2, 0.25) is 0 Å². The first-order chi connectivity index (χ1) is 8.04. The van der Waals surface area contributed by atoms with E-state index >= 15 is 0 Å². The standard InChI is InChI=1S/C11H19N3O3/c1-2-3-9(12)11(17)14-6-4-13(5-7-14)8-10(15)16/h2,9H,1,3-8,12H2,(H,15,16). The van der Waals surface area contributed by atoms with Crippen LogP contribution in [0.1, 0.15) is 6.42 Å². The maximum atomic E-state index is 11.8. The topological polar surface area (TPSA) is 86.9 Å². The van der Waals surface area contributed by atoms with Gasteiger partial charge in [0.05, 0.1) is 12.6 Å². The Balaban J connectivity index is 2.38. The molecular formula is C11H19N3O3. The third-order valence-corrected chi connectivity index (χ3v) is 2.78. The molecule has 1 saturated heterocycles. The van der Waals surface area contributed by atoms with E-state index in [0.717, 1.165) is 0 Å². The fourth-order valence-corrected chi connectivity index (χ4v) is 1.83. The second-order valence-electron chi connectivity index (χ2n) is 4.13. The van der Waals surface area contributed by atoms with Crippen molar-refractivity contribution in [1.82, 2.24) is 9.80 Å². The molecule has 6 heteroatoms. The Kier molecular flexibility index (Phi) is 5.11. The van der Waals surface area contributed by atoms with E-state index in [4.69, 9.17) is 10.8 Å². The molecule has 1 aliphatic rings. The zero-order valence-corrected chi connectivity index (χ0v) is 9.84.